The molecule has 35 heavy (non-hydrogen) atoms. The molecule has 0 aliphatic heterocycles. The van der Waals surface area contributed by atoms with Crippen molar-refractivity contribution >= 4 is 16.9 Å². The summed E-state index contributed by atoms with van der Waals surface area (Å²) in [5.74, 6) is 0.687. The molecular formula is C28H24F3NO3. The fraction of sp³-hybridized carbons (Fsp3) is 0.214. The smallest absolute Gasteiger partial charge is 0.418 e. The Kier molecular flexibility index (Phi) is 6.78. The van der Waals surface area contributed by atoms with Crippen LogP contribution in [0.1, 0.15) is 36.1 Å². The number of esters is 1. The first-order valence-electron chi connectivity index (χ1n) is 11.2. The van der Waals surface area contributed by atoms with E-state index in [0.29, 0.717) is 28.9 Å². The van der Waals surface area contributed by atoms with Gasteiger partial charge in [-0.05, 0) is 59.9 Å². The lowest BCUT2D eigenvalue weighted by Gasteiger charge is -2.16. The Morgan fingerprint density at radius 1 is 1.03 bits per heavy atom. The largest absolute Gasteiger partial charge is 0.489 e. The van der Waals surface area contributed by atoms with Crippen molar-refractivity contribution in [2.24, 2.45) is 0 Å². The summed E-state index contributed by atoms with van der Waals surface area (Å²) in [5.41, 5.74) is 3.10. The zero-order valence-electron chi connectivity index (χ0n) is 19.6. The predicted octanol–water partition coefficient (Wildman–Crippen LogP) is 7.30. The number of alkyl halides is 3. The second-order valence-corrected chi connectivity index (χ2v) is 8.17. The molecule has 4 aromatic rings. The van der Waals surface area contributed by atoms with E-state index in [1.807, 2.05) is 32.0 Å². The molecule has 180 valence electrons. The van der Waals surface area contributed by atoms with Crippen LogP contribution in [-0.4, -0.2) is 11.0 Å². The predicted molar refractivity (Wildman–Crippen MR) is 128 cm³/mol. The summed E-state index contributed by atoms with van der Waals surface area (Å²) in [6.07, 6.45) is -2.37. The molecule has 0 saturated carbocycles. The van der Waals surface area contributed by atoms with Gasteiger partial charge in [0.15, 0.2) is 0 Å². The Bertz CT molecular complexity index is 1400. The van der Waals surface area contributed by atoms with E-state index < -0.39 is 11.7 Å². The first-order chi connectivity index (χ1) is 16.7. The number of rotatable bonds is 6. The topological polar surface area (TPSA) is 48.4 Å². The molecule has 1 aromatic heterocycles. The van der Waals surface area contributed by atoms with Gasteiger partial charge >= 0.3 is 12.1 Å². The number of pyridine rings is 1. The monoisotopic (exact) mass is 479 g/mol. The molecule has 0 spiro atoms. The average Bonchev–Trinajstić information content (AvgIpc) is 2.81. The van der Waals surface area contributed by atoms with Crippen molar-refractivity contribution < 1.29 is 27.4 Å². The van der Waals surface area contributed by atoms with Crippen LogP contribution in [0.25, 0.3) is 22.0 Å². The average molecular weight is 479 g/mol. The van der Waals surface area contributed by atoms with E-state index in [9.17, 15) is 18.0 Å². The Hall–Kier alpha value is -3.87. The van der Waals surface area contributed by atoms with Crippen molar-refractivity contribution in [3.05, 3.63) is 89.1 Å². The molecule has 0 saturated heterocycles. The van der Waals surface area contributed by atoms with Gasteiger partial charge in [-0.3, -0.25) is 9.78 Å². The zero-order chi connectivity index (χ0) is 25.2. The number of fused-ring (bicyclic) bond motifs is 1. The lowest BCUT2D eigenvalue weighted by molar-refractivity contribution is -0.136. The maximum Gasteiger partial charge on any atom is 0.418 e. The highest BCUT2D eigenvalue weighted by Crippen LogP contribution is 2.39. The van der Waals surface area contributed by atoms with Gasteiger partial charge in [-0.2, -0.15) is 13.2 Å². The van der Waals surface area contributed by atoms with Crippen LogP contribution in [-0.2, 0) is 24.0 Å². The van der Waals surface area contributed by atoms with Crippen molar-refractivity contribution in [2.45, 2.75) is 40.0 Å². The van der Waals surface area contributed by atoms with E-state index in [2.05, 4.69) is 4.98 Å². The van der Waals surface area contributed by atoms with Crippen LogP contribution in [0.4, 0.5) is 13.2 Å². The number of aromatic nitrogens is 1. The molecule has 0 aliphatic carbocycles. The van der Waals surface area contributed by atoms with Crippen LogP contribution >= 0.6 is 0 Å². The van der Waals surface area contributed by atoms with Gasteiger partial charge < -0.3 is 9.47 Å². The van der Waals surface area contributed by atoms with Crippen LogP contribution in [0.2, 0.25) is 0 Å². The fourth-order valence-corrected chi connectivity index (χ4v) is 4.24. The molecule has 1 heterocycles. The third-order valence-electron chi connectivity index (χ3n) is 5.75. The van der Waals surface area contributed by atoms with Crippen LogP contribution < -0.4 is 9.47 Å². The molecule has 0 radical (unpaired) electrons. The minimum Gasteiger partial charge on any atom is -0.489 e. The van der Waals surface area contributed by atoms with E-state index in [4.69, 9.17) is 9.47 Å². The van der Waals surface area contributed by atoms with Crippen molar-refractivity contribution in [3.63, 3.8) is 0 Å². The van der Waals surface area contributed by atoms with Gasteiger partial charge in [0.05, 0.1) is 11.1 Å². The van der Waals surface area contributed by atoms with Crippen molar-refractivity contribution in [3.8, 4) is 22.6 Å². The number of nitrogens with zero attached hydrogens (tertiary/aromatic N) is 1. The number of para-hydroxylation sites is 1. The minimum atomic E-state index is -4.50. The maximum absolute atomic E-state index is 13.6. The lowest BCUT2D eigenvalue weighted by Crippen LogP contribution is -2.07. The van der Waals surface area contributed by atoms with E-state index in [0.717, 1.165) is 28.3 Å². The Labute approximate surface area is 201 Å². The zero-order valence-corrected chi connectivity index (χ0v) is 19.6. The van der Waals surface area contributed by atoms with Crippen molar-refractivity contribution in [2.75, 3.05) is 0 Å². The van der Waals surface area contributed by atoms with Crippen molar-refractivity contribution in [1.82, 2.24) is 4.98 Å². The molecule has 0 unspecified atom stereocenters. The summed E-state index contributed by atoms with van der Waals surface area (Å²) in [5, 5.41) is 0.430. The van der Waals surface area contributed by atoms with Crippen LogP contribution in [0.5, 0.6) is 11.5 Å². The molecule has 0 N–H and O–H groups in total. The lowest BCUT2D eigenvalue weighted by atomic mass is 9.95. The molecule has 0 atom stereocenters. The number of carbonyl (C=O) groups excluding carboxylic acids is 1. The third kappa shape index (κ3) is 5.14. The molecular weight excluding hydrogens is 455 g/mol. The summed E-state index contributed by atoms with van der Waals surface area (Å²) in [6, 6.07) is 16.8. The first kappa shape index (κ1) is 24.3. The van der Waals surface area contributed by atoms with E-state index in [1.54, 1.807) is 30.3 Å². The van der Waals surface area contributed by atoms with Gasteiger partial charge in [0.1, 0.15) is 18.1 Å². The third-order valence-corrected chi connectivity index (χ3v) is 5.75. The van der Waals surface area contributed by atoms with E-state index in [1.165, 1.54) is 19.2 Å². The highest BCUT2D eigenvalue weighted by Gasteiger charge is 2.33. The van der Waals surface area contributed by atoms with E-state index in [-0.39, 0.29) is 18.1 Å². The number of hydrogen-bond donors (Lipinski definition) is 0. The molecule has 3 aromatic carbocycles. The minimum absolute atomic E-state index is 0.0817. The number of hydrogen-bond acceptors (Lipinski definition) is 4. The van der Waals surface area contributed by atoms with Gasteiger partial charge in [-0.25, -0.2) is 0 Å². The summed E-state index contributed by atoms with van der Waals surface area (Å²) in [6.45, 7) is 5.40. The summed E-state index contributed by atoms with van der Waals surface area (Å²) >= 11 is 0. The second-order valence-electron chi connectivity index (χ2n) is 8.17. The highest BCUT2D eigenvalue weighted by molar-refractivity contribution is 5.97. The second kappa shape index (κ2) is 9.78. The highest BCUT2D eigenvalue weighted by atomic mass is 19.4. The molecule has 0 aliphatic rings. The molecule has 4 rings (SSSR count). The Morgan fingerprint density at radius 2 is 1.77 bits per heavy atom. The normalized spacial score (nSPS) is 11.5. The van der Waals surface area contributed by atoms with Crippen LogP contribution in [0.15, 0.2) is 66.9 Å². The molecule has 0 amide bonds. The number of halogens is 3. The van der Waals surface area contributed by atoms with Gasteiger partial charge in [0, 0.05) is 24.1 Å². The molecule has 7 heteroatoms. The number of carbonyl (C=O) groups is 1. The Morgan fingerprint density at radius 3 is 2.49 bits per heavy atom. The van der Waals surface area contributed by atoms with E-state index >= 15 is 0 Å². The van der Waals surface area contributed by atoms with Gasteiger partial charge in [-0.1, -0.05) is 43.3 Å². The summed E-state index contributed by atoms with van der Waals surface area (Å²) < 4.78 is 52.0. The molecule has 0 fully saturated rings. The standard InChI is InChI=1S/C28H24F3NO3/c1-4-22-20(9-6-13-25(22)35-18(3)33)16-34-21-10-5-8-19(14-21)26-17(2)15-32-27-23(26)11-7-12-24(27)28(29,30)31/h5-15H,4,16H2,1-3H3. The van der Waals surface area contributed by atoms with Gasteiger partial charge in [0.25, 0.3) is 0 Å². The van der Waals surface area contributed by atoms with Gasteiger partial charge in [-0.15, -0.1) is 0 Å². The Balaban J connectivity index is 1.69. The molecule has 4 nitrogen and oxygen atoms in total. The SMILES string of the molecule is CCc1c(COc2cccc(-c3c(C)cnc4c(C(F)(F)F)cccc34)c2)cccc1OC(C)=O. The quantitative estimate of drug-likeness (QED) is 0.215. The molecule has 0 bridgehead atoms. The van der Waals surface area contributed by atoms with Gasteiger partial charge in [0.2, 0.25) is 0 Å². The first-order valence-corrected chi connectivity index (χ1v) is 11.2. The fourth-order valence-electron chi connectivity index (χ4n) is 4.24. The van der Waals surface area contributed by atoms with Crippen molar-refractivity contribution in [1.29, 1.82) is 0 Å². The summed E-state index contributed by atoms with van der Waals surface area (Å²) in [4.78, 5) is 15.5. The number of benzene rings is 3. The number of aryl methyl sites for hydroxylation is 1. The van der Waals surface area contributed by atoms with Crippen LogP contribution in [0.3, 0.4) is 0 Å². The summed E-state index contributed by atoms with van der Waals surface area (Å²) in [7, 11) is 0. The maximum atomic E-state index is 13.6. The number of ether oxygens (including phenoxy) is 2. The van der Waals surface area contributed by atoms with Crippen LogP contribution in [0, 0.1) is 6.92 Å².